The van der Waals surface area contributed by atoms with Crippen LogP contribution >= 0.6 is 128 Å². The van der Waals surface area contributed by atoms with E-state index in [9.17, 15) is 9.59 Å². The number of anilines is 5. The number of fused-ring (bicyclic) bond motifs is 1. The molecule has 0 saturated heterocycles. The molecule has 0 aliphatic carbocycles. The van der Waals surface area contributed by atoms with Gasteiger partial charge in [-0.2, -0.15) is 0 Å². The standard InChI is InChI=1S/C10H13BrN2Si.C10H13IN2O.C10H14N2O.C7H5BrN2.C5H4BrIN2.C5H5IN2.2CH4.BHNS/c1-14(2,3)5-4-8-6-9(11)7-13-10(8)12;1-10(2,3)9(14)13-8-7(11)5-4-6-12-8;1-10(2,3)9(13)12-8-6-4-5-7-11-8;8-6-3-5-1-2-9-7(5)10-4-6;6-3-1-4(7)5(8)9-2-3;6-4-2-1-3-8-5(4)7;;;1-2-3/h6-7H,1-3H3,(H2,12,13);4-6H,1-3H3,(H,12,13,14);4-7H,1-3H3,(H,11,12,13);1-4H,(H,9,10);1-2H,(H2,8,9);1-3H,(H2,7,8);2*1H4;3H. The average molecular weight is 1560 g/mol. The van der Waals surface area contributed by atoms with Crippen LogP contribution in [0.4, 0.5) is 29.1 Å². The number of nitrogens with zero attached hydrogens (tertiary/aromatic N) is 7. The van der Waals surface area contributed by atoms with E-state index < -0.39 is 8.07 Å². The number of halogens is 6. The molecule has 15 nitrogen and oxygen atoms in total. The molecule has 7 heterocycles. The summed E-state index contributed by atoms with van der Waals surface area (Å²) in [4.78, 5) is 50.1. The quantitative estimate of drug-likeness (QED) is 0.0372. The predicted molar refractivity (Wildman–Crippen MR) is 349 cm³/mol. The van der Waals surface area contributed by atoms with E-state index in [4.69, 9.17) is 17.2 Å². The minimum atomic E-state index is -1.34. The normalized spacial score (nSPS) is 9.90. The van der Waals surface area contributed by atoms with Crippen LogP contribution in [-0.4, -0.2) is 62.4 Å². The fourth-order valence-electron chi connectivity index (χ4n) is 4.05. The molecule has 7 aromatic heterocycles. The summed E-state index contributed by atoms with van der Waals surface area (Å²) in [7, 11) is 3.00. The molecule has 2 amide bonds. The van der Waals surface area contributed by atoms with E-state index in [0.717, 1.165) is 40.7 Å². The molecule has 0 saturated carbocycles. The molecule has 73 heavy (non-hydrogen) atoms. The summed E-state index contributed by atoms with van der Waals surface area (Å²) in [5.41, 5.74) is 20.8. The SMILES string of the molecule is Brc1cnc2[nH]ccc2c1.C.C.CC(C)(C)C(=O)Nc1ccccn1.CC(C)(C)C(=O)Nc1ncccc1I.C[Si](C)(C)C#Cc1cc(Br)cnc1N.Nc1ncc(Br)cc1I.Nc1ncccc1I.[B]=NS. The summed E-state index contributed by atoms with van der Waals surface area (Å²) in [5, 5.41) is 6.66. The predicted octanol–water partition coefficient (Wildman–Crippen LogP) is 14.5. The Hall–Kier alpha value is -3.60. The number of nitrogens with two attached hydrogens (primary N) is 3. The number of hydrogen-bond donors (Lipinski definition) is 7. The van der Waals surface area contributed by atoms with Gasteiger partial charge in [0.05, 0.1) is 16.3 Å². The van der Waals surface area contributed by atoms with Crippen molar-refractivity contribution in [2.75, 3.05) is 27.8 Å². The number of pyridine rings is 6. The van der Waals surface area contributed by atoms with Crippen molar-refractivity contribution in [2.24, 2.45) is 15.1 Å². The summed E-state index contributed by atoms with van der Waals surface area (Å²) in [6, 6.07) is 20.8. The topological polar surface area (TPSA) is 242 Å². The first kappa shape index (κ1) is 71.5. The minimum absolute atomic E-state index is 0. The number of amides is 2. The van der Waals surface area contributed by atoms with Gasteiger partial charge < -0.3 is 32.8 Å². The molecule has 24 heteroatoms. The van der Waals surface area contributed by atoms with Gasteiger partial charge >= 0.3 is 24.8 Å². The van der Waals surface area contributed by atoms with E-state index in [0.29, 0.717) is 29.1 Å². The maximum atomic E-state index is 11.6. The van der Waals surface area contributed by atoms with Crippen molar-refractivity contribution < 1.29 is 9.59 Å². The molecule has 0 unspecified atom stereocenters. The van der Waals surface area contributed by atoms with Gasteiger partial charge in [0, 0.05) is 73.0 Å². The second kappa shape index (κ2) is 36.4. The van der Waals surface area contributed by atoms with Gasteiger partial charge in [-0.15, -0.1) is 5.54 Å². The Bertz CT molecular complexity index is 2820. The molecular formula is C49H63BBr3I3N13O2SSi. The molecule has 1 radical (unpaired) electrons. The van der Waals surface area contributed by atoms with Crippen LogP contribution in [0, 0.1) is 33.0 Å². The van der Waals surface area contributed by atoms with E-state index in [1.165, 1.54) is 0 Å². The van der Waals surface area contributed by atoms with Crippen LogP contribution < -0.4 is 27.8 Å². The van der Waals surface area contributed by atoms with Gasteiger partial charge in [-0.3, -0.25) is 9.59 Å². The average Bonchev–Trinajstić information content (AvgIpc) is 3.76. The number of H-pyrrole nitrogens is 1. The molecular weight excluding hydrogens is 1490 g/mol. The summed E-state index contributed by atoms with van der Waals surface area (Å²) >= 11 is 19.6. The van der Waals surface area contributed by atoms with E-state index in [1.807, 2.05) is 108 Å². The number of rotatable bonds is 2. The summed E-state index contributed by atoms with van der Waals surface area (Å²) in [6.45, 7) is 17.8. The van der Waals surface area contributed by atoms with E-state index in [-0.39, 0.29) is 37.5 Å². The van der Waals surface area contributed by atoms with Gasteiger partial charge in [0.1, 0.15) is 42.8 Å². The number of carbonyl (C=O) groups excluding carboxylic acids is 2. The van der Waals surface area contributed by atoms with Gasteiger partial charge in [-0.05, 0) is 176 Å². The van der Waals surface area contributed by atoms with E-state index in [1.54, 1.807) is 43.2 Å². The third-order valence-electron chi connectivity index (χ3n) is 7.71. The van der Waals surface area contributed by atoms with Crippen LogP contribution in [0.5, 0.6) is 0 Å². The van der Waals surface area contributed by atoms with Gasteiger partial charge in [0.2, 0.25) is 11.8 Å². The number of hydrogen-bond acceptors (Lipinski definition) is 13. The first-order valence-corrected chi connectivity index (χ1v) is 30.2. The number of nitrogens with one attached hydrogen (secondary N) is 3. The molecule has 0 aromatic carbocycles. The first-order valence-electron chi connectivity index (χ1n) is 20.7. The Morgan fingerprint density at radius 1 is 0.671 bits per heavy atom. The second-order valence-electron chi connectivity index (χ2n) is 17.1. The van der Waals surface area contributed by atoms with Crippen molar-refractivity contribution in [1.29, 1.82) is 0 Å². The summed E-state index contributed by atoms with van der Waals surface area (Å²) in [5.74, 6) is 5.96. The Kier molecular flexibility index (Phi) is 35.6. The van der Waals surface area contributed by atoms with E-state index >= 15 is 0 Å². The van der Waals surface area contributed by atoms with Crippen LogP contribution in [0.15, 0.2) is 128 Å². The van der Waals surface area contributed by atoms with Crippen LogP contribution in [0.3, 0.4) is 0 Å². The Morgan fingerprint density at radius 2 is 1.16 bits per heavy atom. The first-order chi connectivity index (χ1) is 33.1. The zero-order valence-electron chi connectivity index (χ0n) is 40.4. The van der Waals surface area contributed by atoms with Crippen molar-refractivity contribution >= 4 is 196 Å². The van der Waals surface area contributed by atoms with Crippen LogP contribution in [0.25, 0.3) is 11.0 Å². The Balaban J connectivity index is 0. The molecule has 7 aromatic rings. The number of aromatic amines is 1. The fraction of sp³-hybridized carbons (Fsp3) is 0.265. The number of nitrogen functional groups attached to an aromatic ring is 3. The van der Waals surface area contributed by atoms with Crippen LogP contribution in [-0.2, 0) is 9.59 Å². The third kappa shape index (κ3) is 31.8. The van der Waals surface area contributed by atoms with Gasteiger partial charge in [0.15, 0.2) is 0 Å². The molecule has 9 N–H and O–H groups in total. The van der Waals surface area contributed by atoms with E-state index in [2.05, 4.69) is 217 Å². The number of carbonyl (C=O) groups is 2. The Morgan fingerprint density at radius 3 is 1.64 bits per heavy atom. The number of thiol groups is 1. The molecule has 0 fully saturated rings. The van der Waals surface area contributed by atoms with Crippen LogP contribution in [0.2, 0.25) is 19.6 Å². The van der Waals surface area contributed by atoms with Crippen LogP contribution in [0.1, 0.15) is 62.0 Å². The van der Waals surface area contributed by atoms with Gasteiger partial charge in [0.25, 0.3) is 0 Å². The third-order valence-corrected chi connectivity index (χ3v) is 12.5. The molecule has 7 rings (SSSR count). The molecule has 0 bridgehead atoms. The van der Waals surface area contributed by atoms with Gasteiger partial charge in [-0.25, -0.2) is 29.9 Å². The molecule has 0 aliphatic rings. The second-order valence-corrected chi connectivity index (χ2v) is 28.3. The monoisotopic (exact) mass is 1550 g/mol. The van der Waals surface area contributed by atoms with Crippen molar-refractivity contribution in [3.63, 3.8) is 0 Å². The fourth-order valence-corrected chi connectivity index (χ4v) is 7.31. The zero-order valence-corrected chi connectivity index (χ0v) is 53.5. The summed E-state index contributed by atoms with van der Waals surface area (Å²) in [6.07, 6.45) is 12.0. The maximum absolute atomic E-state index is 11.6. The zero-order chi connectivity index (χ0) is 54.0. The van der Waals surface area contributed by atoms with Crippen molar-refractivity contribution in [3.8, 4) is 11.5 Å². The van der Waals surface area contributed by atoms with Crippen molar-refractivity contribution in [3.05, 3.63) is 140 Å². The number of aromatic nitrogens is 7. The molecule has 0 atom stereocenters. The Labute approximate surface area is 505 Å². The molecule has 0 spiro atoms. The van der Waals surface area contributed by atoms with Crippen molar-refractivity contribution in [2.45, 2.75) is 76.0 Å². The summed E-state index contributed by atoms with van der Waals surface area (Å²) < 4.78 is 8.50. The molecule has 0 aliphatic heterocycles. The van der Waals surface area contributed by atoms with Crippen molar-refractivity contribution in [1.82, 2.24) is 34.9 Å². The molecule has 391 valence electrons. The van der Waals surface area contributed by atoms with Gasteiger partial charge in [-0.1, -0.05) is 88.0 Å².